The third-order valence-electron chi connectivity index (χ3n) is 6.50. The predicted molar refractivity (Wildman–Crippen MR) is 148 cm³/mol. The van der Waals surface area contributed by atoms with E-state index in [9.17, 15) is 9.59 Å². The molecule has 0 bridgehead atoms. The summed E-state index contributed by atoms with van der Waals surface area (Å²) in [4.78, 5) is 28.9. The Morgan fingerprint density at radius 2 is 1.57 bits per heavy atom. The number of benzene rings is 3. The third kappa shape index (κ3) is 7.64. The lowest BCUT2D eigenvalue weighted by Crippen LogP contribution is -2.53. The first-order valence-corrected chi connectivity index (χ1v) is 13.5. The number of para-hydroxylation sites is 1. The standard InChI is InChI=1S/C29H29Cl3N2O3/c30-23-15-14-21(16-25(23)32)18-34(28(35)19-37-27-13-7-6-12-24(27)31)26(17-20-8-2-1-3-9-20)29(36)33-22-10-4-5-11-22/h1-3,6-9,12-16,22,26H,4-5,10-11,17-19H2,(H,33,36). The van der Waals surface area contributed by atoms with Crippen LogP contribution in [0.5, 0.6) is 5.75 Å². The van der Waals surface area contributed by atoms with Gasteiger partial charge in [-0.05, 0) is 48.2 Å². The van der Waals surface area contributed by atoms with Crippen molar-refractivity contribution in [3.05, 3.63) is 99.0 Å². The van der Waals surface area contributed by atoms with Gasteiger partial charge in [-0.3, -0.25) is 9.59 Å². The van der Waals surface area contributed by atoms with E-state index in [4.69, 9.17) is 39.5 Å². The fourth-order valence-electron chi connectivity index (χ4n) is 4.54. The van der Waals surface area contributed by atoms with Crippen LogP contribution in [0.25, 0.3) is 0 Å². The van der Waals surface area contributed by atoms with Gasteiger partial charge in [0.2, 0.25) is 5.91 Å². The zero-order valence-corrected chi connectivity index (χ0v) is 22.6. The van der Waals surface area contributed by atoms with E-state index >= 15 is 0 Å². The zero-order chi connectivity index (χ0) is 26.2. The molecule has 1 saturated carbocycles. The van der Waals surface area contributed by atoms with Gasteiger partial charge in [0.15, 0.2) is 6.61 Å². The monoisotopic (exact) mass is 558 g/mol. The van der Waals surface area contributed by atoms with Gasteiger partial charge in [0.05, 0.1) is 15.1 Å². The van der Waals surface area contributed by atoms with Gasteiger partial charge in [-0.25, -0.2) is 0 Å². The largest absolute Gasteiger partial charge is 0.482 e. The third-order valence-corrected chi connectivity index (χ3v) is 7.55. The molecule has 0 spiro atoms. The maximum absolute atomic E-state index is 13.7. The summed E-state index contributed by atoms with van der Waals surface area (Å²) < 4.78 is 5.77. The Kier molecular flexibility index (Phi) is 9.73. The lowest BCUT2D eigenvalue weighted by molar-refractivity contribution is -0.143. The van der Waals surface area contributed by atoms with Gasteiger partial charge in [-0.15, -0.1) is 0 Å². The molecule has 3 aromatic carbocycles. The molecule has 4 rings (SSSR count). The molecule has 8 heteroatoms. The molecule has 194 valence electrons. The molecule has 1 atom stereocenters. The molecule has 1 N–H and O–H groups in total. The van der Waals surface area contributed by atoms with Crippen LogP contribution in [0.1, 0.15) is 36.8 Å². The van der Waals surface area contributed by atoms with Crippen LogP contribution in [-0.4, -0.2) is 35.4 Å². The van der Waals surface area contributed by atoms with Crippen LogP contribution in [0, 0.1) is 0 Å². The molecule has 3 aromatic rings. The number of rotatable bonds is 10. The average Bonchev–Trinajstić information content (AvgIpc) is 3.41. The Bertz CT molecular complexity index is 1220. The van der Waals surface area contributed by atoms with E-state index < -0.39 is 6.04 Å². The van der Waals surface area contributed by atoms with E-state index in [0.717, 1.165) is 36.8 Å². The second-order valence-electron chi connectivity index (χ2n) is 9.18. The summed E-state index contributed by atoms with van der Waals surface area (Å²) in [5, 5.41) is 4.39. The van der Waals surface area contributed by atoms with Crippen molar-refractivity contribution in [2.75, 3.05) is 6.61 Å². The van der Waals surface area contributed by atoms with E-state index in [0.29, 0.717) is 27.2 Å². The molecule has 0 heterocycles. The second-order valence-corrected chi connectivity index (χ2v) is 10.4. The van der Waals surface area contributed by atoms with E-state index in [1.807, 2.05) is 30.3 Å². The van der Waals surface area contributed by atoms with Crippen LogP contribution in [0.15, 0.2) is 72.8 Å². The van der Waals surface area contributed by atoms with Crippen molar-refractivity contribution in [1.29, 1.82) is 0 Å². The number of hydrogen-bond acceptors (Lipinski definition) is 3. The molecule has 1 fully saturated rings. The highest BCUT2D eigenvalue weighted by Gasteiger charge is 2.32. The van der Waals surface area contributed by atoms with Gasteiger partial charge in [0, 0.05) is 19.0 Å². The first-order valence-electron chi connectivity index (χ1n) is 12.4. The average molecular weight is 560 g/mol. The number of ether oxygens (including phenoxy) is 1. The van der Waals surface area contributed by atoms with Gasteiger partial charge >= 0.3 is 0 Å². The number of halogens is 3. The molecule has 37 heavy (non-hydrogen) atoms. The van der Waals surface area contributed by atoms with Crippen molar-refractivity contribution in [2.24, 2.45) is 0 Å². The quantitative estimate of drug-likeness (QED) is 0.300. The van der Waals surface area contributed by atoms with Gasteiger partial charge in [-0.1, -0.05) is 96.2 Å². The van der Waals surface area contributed by atoms with Crippen LogP contribution < -0.4 is 10.1 Å². The molecular weight excluding hydrogens is 531 g/mol. The Hall–Kier alpha value is -2.73. The van der Waals surface area contributed by atoms with Crippen LogP contribution in [0.4, 0.5) is 0 Å². The van der Waals surface area contributed by atoms with Crippen molar-refractivity contribution < 1.29 is 14.3 Å². The highest BCUT2D eigenvalue weighted by molar-refractivity contribution is 6.42. The highest BCUT2D eigenvalue weighted by Crippen LogP contribution is 2.26. The molecule has 5 nitrogen and oxygen atoms in total. The Labute approximate surface area is 232 Å². The van der Waals surface area contributed by atoms with Crippen molar-refractivity contribution in [2.45, 2.75) is 50.7 Å². The molecular formula is C29H29Cl3N2O3. The number of hydrogen-bond donors (Lipinski definition) is 1. The highest BCUT2D eigenvalue weighted by atomic mass is 35.5. The molecule has 2 amide bonds. The normalized spacial score (nSPS) is 14.2. The van der Waals surface area contributed by atoms with E-state index in [1.54, 1.807) is 47.4 Å². The zero-order valence-electron chi connectivity index (χ0n) is 20.3. The molecule has 0 radical (unpaired) electrons. The first-order chi connectivity index (χ1) is 17.9. The Morgan fingerprint density at radius 3 is 2.27 bits per heavy atom. The smallest absolute Gasteiger partial charge is 0.261 e. The van der Waals surface area contributed by atoms with Gasteiger partial charge in [0.25, 0.3) is 5.91 Å². The minimum atomic E-state index is -0.750. The summed E-state index contributed by atoms with van der Waals surface area (Å²) >= 11 is 18.6. The molecule has 0 aliphatic heterocycles. The fraction of sp³-hybridized carbons (Fsp3) is 0.310. The molecule has 1 aliphatic rings. The van der Waals surface area contributed by atoms with Gasteiger partial charge in [0.1, 0.15) is 11.8 Å². The minimum Gasteiger partial charge on any atom is -0.482 e. The summed E-state index contributed by atoms with van der Waals surface area (Å²) in [6.45, 7) is -0.107. The molecule has 1 unspecified atom stereocenters. The number of carbonyl (C=O) groups is 2. The van der Waals surface area contributed by atoms with Crippen LogP contribution in [0.2, 0.25) is 15.1 Å². The molecule has 0 saturated heterocycles. The SMILES string of the molecule is O=C(NC1CCCC1)C(Cc1ccccc1)N(Cc1ccc(Cl)c(Cl)c1)C(=O)COc1ccccc1Cl. The Morgan fingerprint density at radius 1 is 0.865 bits per heavy atom. The predicted octanol–water partition coefficient (Wildman–Crippen LogP) is 6.72. The van der Waals surface area contributed by atoms with E-state index in [-0.39, 0.29) is 31.0 Å². The molecule has 1 aliphatic carbocycles. The number of amides is 2. The van der Waals surface area contributed by atoms with Gasteiger partial charge in [-0.2, -0.15) is 0 Å². The lowest BCUT2D eigenvalue weighted by atomic mass is 10.0. The summed E-state index contributed by atoms with van der Waals surface area (Å²) in [5.41, 5.74) is 1.71. The van der Waals surface area contributed by atoms with E-state index in [1.165, 1.54) is 0 Å². The molecule has 0 aromatic heterocycles. The van der Waals surface area contributed by atoms with Crippen molar-refractivity contribution in [1.82, 2.24) is 10.2 Å². The summed E-state index contributed by atoms with van der Waals surface area (Å²) in [6, 6.07) is 21.2. The maximum Gasteiger partial charge on any atom is 0.261 e. The minimum absolute atomic E-state index is 0.118. The number of nitrogens with one attached hydrogen (secondary N) is 1. The van der Waals surface area contributed by atoms with E-state index in [2.05, 4.69) is 5.32 Å². The summed E-state index contributed by atoms with van der Waals surface area (Å²) in [6.07, 6.45) is 4.43. The first kappa shape index (κ1) is 27.3. The second kappa shape index (κ2) is 13.2. The van der Waals surface area contributed by atoms with Crippen molar-refractivity contribution in [3.63, 3.8) is 0 Å². The maximum atomic E-state index is 13.7. The Balaban J connectivity index is 1.63. The van der Waals surface area contributed by atoms with Crippen LogP contribution in [0.3, 0.4) is 0 Å². The van der Waals surface area contributed by atoms with Crippen molar-refractivity contribution in [3.8, 4) is 5.75 Å². The number of nitrogens with zero attached hydrogens (tertiary/aromatic N) is 1. The van der Waals surface area contributed by atoms with Crippen LogP contribution in [-0.2, 0) is 22.6 Å². The lowest BCUT2D eigenvalue weighted by Gasteiger charge is -2.32. The van der Waals surface area contributed by atoms with Gasteiger partial charge < -0.3 is 15.0 Å². The van der Waals surface area contributed by atoms with Crippen molar-refractivity contribution >= 4 is 46.6 Å². The fourth-order valence-corrected chi connectivity index (χ4v) is 5.05. The topological polar surface area (TPSA) is 58.6 Å². The van der Waals surface area contributed by atoms with Crippen LogP contribution >= 0.6 is 34.8 Å². The summed E-state index contributed by atoms with van der Waals surface area (Å²) in [5.74, 6) is -0.113. The number of carbonyl (C=O) groups excluding carboxylic acids is 2. The summed E-state index contributed by atoms with van der Waals surface area (Å²) in [7, 11) is 0.